The van der Waals surface area contributed by atoms with E-state index in [-0.39, 0.29) is 36.2 Å². The Kier molecular flexibility index (Phi) is 7.98. The van der Waals surface area contributed by atoms with Crippen molar-refractivity contribution in [1.82, 2.24) is 20.4 Å². The largest absolute Gasteiger partial charge is 0.454 e. The number of rotatable bonds is 7. The van der Waals surface area contributed by atoms with Crippen LogP contribution in [0.3, 0.4) is 0 Å². The van der Waals surface area contributed by atoms with Gasteiger partial charge in [0.1, 0.15) is 5.60 Å². The maximum atomic E-state index is 10.8. The molecule has 1 aliphatic rings. The highest BCUT2D eigenvalue weighted by Gasteiger charge is 2.26. The summed E-state index contributed by atoms with van der Waals surface area (Å²) in [4.78, 5) is 4.75. The highest BCUT2D eigenvalue weighted by molar-refractivity contribution is 14.0. The number of hydrogen-bond donors (Lipinski definition) is 3. The number of benzene rings is 1. The zero-order valence-electron chi connectivity index (χ0n) is 18.2. The summed E-state index contributed by atoms with van der Waals surface area (Å²) >= 11 is 0. The smallest absolute Gasteiger partial charge is 0.231 e. The Bertz CT molecular complexity index is 879. The Morgan fingerprint density at radius 2 is 1.93 bits per heavy atom. The van der Waals surface area contributed by atoms with Crippen LogP contribution in [0.2, 0.25) is 0 Å². The van der Waals surface area contributed by atoms with Gasteiger partial charge in [0, 0.05) is 30.8 Å². The van der Waals surface area contributed by atoms with E-state index in [0.717, 1.165) is 29.2 Å². The number of ether oxygens (including phenoxy) is 2. The van der Waals surface area contributed by atoms with Gasteiger partial charge in [-0.2, -0.15) is 5.10 Å². The average Bonchev–Trinajstić information content (AvgIpc) is 3.32. The molecule has 0 fully saturated rings. The Morgan fingerprint density at radius 3 is 2.60 bits per heavy atom. The number of halogens is 1. The number of aliphatic hydroxyl groups is 1. The second kappa shape index (κ2) is 9.86. The summed E-state index contributed by atoms with van der Waals surface area (Å²) in [7, 11) is 1.83. The van der Waals surface area contributed by atoms with Crippen molar-refractivity contribution in [2.45, 2.75) is 38.7 Å². The molecule has 2 aromatic rings. The van der Waals surface area contributed by atoms with Crippen molar-refractivity contribution in [3.8, 4) is 11.5 Å². The molecule has 3 rings (SSSR count). The number of guanidine groups is 1. The Morgan fingerprint density at radius 1 is 1.20 bits per heavy atom. The minimum atomic E-state index is -1.06. The fourth-order valence-electron chi connectivity index (χ4n) is 3.08. The lowest BCUT2D eigenvalue weighted by molar-refractivity contribution is 0.0616. The van der Waals surface area contributed by atoms with Crippen LogP contribution < -0.4 is 20.1 Å². The summed E-state index contributed by atoms with van der Waals surface area (Å²) in [5, 5.41) is 21.4. The van der Waals surface area contributed by atoms with Crippen LogP contribution in [0.5, 0.6) is 11.5 Å². The molecule has 1 aromatic heterocycles. The van der Waals surface area contributed by atoms with Gasteiger partial charge in [-0.15, -0.1) is 24.0 Å². The predicted octanol–water partition coefficient (Wildman–Crippen LogP) is 2.51. The third-order valence-corrected chi connectivity index (χ3v) is 5.06. The molecule has 1 aliphatic heterocycles. The molecule has 0 spiro atoms. The molecule has 1 atom stereocenters. The molecule has 0 amide bonds. The van der Waals surface area contributed by atoms with Crippen LogP contribution in [0.1, 0.15) is 38.8 Å². The van der Waals surface area contributed by atoms with Gasteiger partial charge in [-0.3, -0.25) is 9.67 Å². The van der Waals surface area contributed by atoms with E-state index in [0.29, 0.717) is 19.0 Å². The zero-order valence-corrected chi connectivity index (χ0v) is 20.6. The monoisotopic (exact) mass is 529 g/mol. The Labute approximate surface area is 195 Å². The van der Waals surface area contributed by atoms with E-state index in [1.807, 2.05) is 32.3 Å². The van der Waals surface area contributed by atoms with Crippen molar-refractivity contribution in [2.75, 3.05) is 26.4 Å². The van der Waals surface area contributed by atoms with Crippen LogP contribution in [-0.4, -0.2) is 47.3 Å². The molecule has 3 N–H and O–H groups in total. The second-order valence-electron chi connectivity index (χ2n) is 8.18. The van der Waals surface area contributed by atoms with Crippen molar-refractivity contribution in [1.29, 1.82) is 0 Å². The van der Waals surface area contributed by atoms with E-state index < -0.39 is 5.60 Å². The molecule has 1 unspecified atom stereocenters. The number of aliphatic imine (C=N–C) groups is 1. The number of nitrogens with one attached hydrogen (secondary N) is 2. The van der Waals surface area contributed by atoms with Gasteiger partial charge in [-0.1, -0.05) is 19.9 Å². The van der Waals surface area contributed by atoms with E-state index in [4.69, 9.17) is 14.5 Å². The van der Waals surface area contributed by atoms with Crippen LogP contribution in [0.4, 0.5) is 0 Å². The van der Waals surface area contributed by atoms with Gasteiger partial charge in [-0.25, -0.2) is 0 Å². The summed E-state index contributed by atoms with van der Waals surface area (Å²) in [6, 6.07) is 6.01. The standard InChI is InChI=1S/C21H31N5O3.HI/c1-6-22-19(24-13-21(4,27)16-10-25-26(5)11-16)23-12-20(2,3)15-7-8-17-18(9-15)29-14-28-17;/h7-11,27H,6,12-14H2,1-5H3,(H2,22,23,24);1H. The van der Waals surface area contributed by atoms with E-state index in [9.17, 15) is 5.11 Å². The molecule has 166 valence electrons. The lowest BCUT2D eigenvalue weighted by atomic mass is 9.84. The highest BCUT2D eigenvalue weighted by Crippen LogP contribution is 2.36. The first-order valence-corrected chi connectivity index (χ1v) is 9.85. The van der Waals surface area contributed by atoms with Crippen LogP contribution >= 0.6 is 24.0 Å². The van der Waals surface area contributed by atoms with Crippen LogP contribution in [-0.2, 0) is 18.1 Å². The second-order valence-corrected chi connectivity index (χ2v) is 8.18. The SMILES string of the molecule is CCNC(=NCC(C)(C)c1ccc2c(c1)OCO2)NCC(C)(O)c1cnn(C)c1.I. The summed E-state index contributed by atoms with van der Waals surface area (Å²) in [5.74, 6) is 2.21. The number of aryl methyl sites for hydroxylation is 1. The lowest BCUT2D eigenvalue weighted by Gasteiger charge is -2.26. The molecule has 9 heteroatoms. The molecule has 0 saturated carbocycles. The molecule has 2 heterocycles. The maximum Gasteiger partial charge on any atom is 0.231 e. The van der Waals surface area contributed by atoms with E-state index >= 15 is 0 Å². The van der Waals surface area contributed by atoms with Gasteiger partial charge in [0.25, 0.3) is 0 Å². The van der Waals surface area contributed by atoms with Gasteiger partial charge < -0.3 is 25.2 Å². The normalized spacial score (nSPS) is 15.3. The Hall–Kier alpha value is -2.01. The number of hydrogen-bond acceptors (Lipinski definition) is 5. The highest BCUT2D eigenvalue weighted by atomic mass is 127. The van der Waals surface area contributed by atoms with Crippen molar-refractivity contribution in [2.24, 2.45) is 12.0 Å². The molecule has 0 radical (unpaired) electrons. The third-order valence-electron chi connectivity index (χ3n) is 5.06. The molecule has 30 heavy (non-hydrogen) atoms. The fraction of sp³-hybridized carbons (Fsp3) is 0.524. The van der Waals surface area contributed by atoms with E-state index in [2.05, 4.69) is 35.6 Å². The molecule has 0 bridgehead atoms. The van der Waals surface area contributed by atoms with E-state index in [1.54, 1.807) is 17.8 Å². The van der Waals surface area contributed by atoms with Gasteiger partial charge in [0.15, 0.2) is 17.5 Å². The van der Waals surface area contributed by atoms with E-state index in [1.165, 1.54) is 0 Å². The zero-order chi connectivity index (χ0) is 21.1. The van der Waals surface area contributed by atoms with Crippen molar-refractivity contribution < 1.29 is 14.6 Å². The molecular weight excluding hydrogens is 497 g/mol. The molecule has 0 saturated heterocycles. The van der Waals surface area contributed by atoms with Crippen molar-refractivity contribution in [3.63, 3.8) is 0 Å². The van der Waals surface area contributed by atoms with Gasteiger partial charge in [-0.05, 0) is 31.5 Å². The summed E-state index contributed by atoms with van der Waals surface area (Å²) in [5.41, 5.74) is 0.625. The molecule has 8 nitrogen and oxygen atoms in total. The molecule has 1 aromatic carbocycles. The van der Waals surface area contributed by atoms with Crippen molar-refractivity contribution >= 4 is 29.9 Å². The minimum Gasteiger partial charge on any atom is -0.454 e. The first-order chi connectivity index (χ1) is 13.7. The minimum absolute atomic E-state index is 0. The average molecular weight is 529 g/mol. The first kappa shape index (κ1) is 24.3. The van der Waals surface area contributed by atoms with Gasteiger partial charge in [0.05, 0.1) is 19.3 Å². The fourth-order valence-corrected chi connectivity index (χ4v) is 3.08. The number of aromatic nitrogens is 2. The van der Waals surface area contributed by atoms with Crippen LogP contribution in [0, 0.1) is 0 Å². The Balaban J connectivity index is 0.00000320. The maximum absolute atomic E-state index is 10.8. The van der Waals surface area contributed by atoms with Gasteiger partial charge in [0.2, 0.25) is 6.79 Å². The van der Waals surface area contributed by atoms with Crippen LogP contribution in [0.25, 0.3) is 0 Å². The van der Waals surface area contributed by atoms with Gasteiger partial charge >= 0.3 is 0 Å². The topological polar surface area (TPSA) is 92.9 Å². The number of nitrogens with zero attached hydrogens (tertiary/aromatic N) is 3. The third kappa shape index (κ3) is 5.78. The summed E-state index contributed by atoms with van der Waals surface area (Å²) in [6.07, 6.45) is 3.49. The predicted molar refractivity (Wildman–Crippen MR) is 128 cm³/mol. The lowest BCUT2D eigenvalue weighted by Crippen LogP contribution is -2.45. The number of fused-ring (bicyclic) bond motifs is 1. The summed E-state index contributed by atoms with van der Waals surface area (Å²) in [6.45, 7) is 9.93. The molecular formula is C21H32IN5O3. The summed E-state index contributed by atoms with van der Waals surface area (Å²) < 4.78 is 12.6. The molecule has 0 aliphatic carbocycles. The van der Waals surface area contributed by atoms with Crippen molar-refractivity contribution in [3.05, 3.63) is 41.7 Å². The van der Waals surface area contributed by atoms with Crippen LogP contribution in [0.15, 0.2) is 35.6 Å². The first-order valence-electron chi connectivity index (χ1n) is 9.85. The quantitative estimate of drug-likeness (QED) is 0.290.